The van der Waals surface area contributed by atoms with Crippen molar-refractivity contribution in [3.8, 4) is 0 Å². The highest BCUT2D eigenvalue weighted by molar-refractivity contribution is 5.99. The number of nitrogens with one attached hydrogen (secondary N) is 2. The molecule has 2 N–H and O–H groups in total. The van der Waals surface area contributed by atoms with Crippen molar-refractivity contribution in [3.63, 3.8) is 0 Å². The number of hydrogen-bond acceptors (Lipinski definition) is 2. The normalized spacial score (nSPS) is 13.2. The minimum atomic E-state index is -1.33. The van der Waals surface area contributed by atoms with Crippen molar-refractivity contribution < 1.29 is 22.8 Å². The van der Waals surface area contributed by atoms with Gasteiger partial charge < -0.3 is 15.5 Å². The summed E-state index contributed by atoms with van der Waals surface area (Å²) in [5, 5.41) is 4.65. The van der Waals surface area contributed by atoms with Gasteiger partial charge in [0.1, 0.15) is 5.82 Å². The van der Waals surface area contributed by atoms with Gasteiger partial charge in [-0.25, -0.2) is 18.0 Å². The predicted octanol–water partition coefficient (Wildman–Crippen LogP) is 3.26. The average molecular weight is 349 g/mol. The number of nitrogens with zero attached hydrogens (tertiary/aromatic N) is 1. The Labute approximate surface area is 141 Å². The molecule has 1 heterocycles. The number of anilines is 2. The smallest absolute Gasteiger partial charge is 0.323 e. The van der Waals surface area contributed by atoms with Crippen molar-refractivity contribution in [2.75, 3.05) is 17.2 Å². The van der Waals surface area contributed by atoms with Crippen LogP contribution in [0.1, 0.15) is 11.1 Å². The molecule has 3 amide bonds. The zero-order valence-corrected chi connectivity index (χ0v) is 13.0. The van der Waals surface area contributed by atoms with Gasteiger partial charge in [0, 0.05) is 30.9 Å². The van der Waals surface area contributed by atoms with Gasteiger partial charge in [0.2, 0.25) is 6.41 Å². The summed E-state index contributed by atoms with van der Waals surface area (Å²) in [7, 11) is 0. The summed E-state index contributed by atoms with van der Waals surface area (Å²) in [5.74, 6) is -3.67. The van der Waals surface area contributed by atoms with E-state index in [4.69, 9.17) is 0 Å². The van der Waals surface area contributed by atoms with Crippen LogP contribution in [-0.4, -0.2) is 23.9 Å². The number of urea groups is 1. The zero-order chi connectivity index (χ0) is 18.0. The number of hydrogen-bond donors (Lipinski definition) is 2. The number of carbonyl (C=O) groups is 2. The van der Waals surface area contributed by atoms with Crippen LogP contribution in [0.4, 0.5) is 29.3 Å². The number of rotatable bonds is 3. The Morgan fingerprint density at radius 1 is 1.00 bits per heavy atom. The van der Waals surface area contributed by atoms with Gasteiger partial charge in [-0.3, -0.25) is 4.79 Å². The monoisotopic (exact) mass is 349 g/mol. The molecule has 0 spiro atoms. The van der Waals surface area contributed by atoms with Gasteiger partial charge in [-0.05, 0) is 29.7 Å². The van der Waals surface area contributed by atoms with E-state index < -0.39 is 29.2 Å². The second-order valence-corrected chi connectivity index (χ2v) is 5.63. The highest BCUT2D eigenvalue weighted by Gasteiger charge is 2.16. The molecule has 0 radical (unpaired) electrons. The minimum absolute atomic E-state index is 0.364. The van der Waals surface area contributed by atoms with Crippen molar-refractivity contribution in [2.45, 2.75) is 13.0 Å². The Bertz CT molecular complexity index is 842. The van der Waals surface area contributed by atoms with E-state index in [2.05, 4.69) is 10.6 Å². The molecule has 130 valence electrons. The summed E-state index contributed by atoms with van der Waals surface area (Å²) in [5.41, 5.74) is 1.99. The minimum Gasteiger partial charge on any atom is -0.341 e. The van der Waals surface area contributed by atoms with E-state index in [-0.39, 0.29) is 0 Å². The van der Waals surface area contributed by atoms with E-state index in [1.54, 1.807) is 23.1 Å². The predicted molar refractivity (Wildman–Crippen MR) is 85.6 cm³/mol. The van der Waals surface area contributed by atoms with Gasteiger partial charge in [-0.15, -0.1) is 0 Å². The molecule has 0 saturated carbocycles. The van der Waals surface area contributed by atoms with Crippen LogP contribution < -0.4 is 10.6 Å². The molecule has 0 bridgehead atoms. The molecular formula is C17H14F3N3O2. The lowest BCUT2D eigenvalue weighted by Gasteiger charge is -2.25. The highest BCUT2D eigenvalue weighted by Crippen LogP contribution is 2.23. The molecule has 25 heavy (non-hydrogen) atoms. The first-order valence-corrected chi connectivity index (χ1v) is 7.50. The summed E-state index contributed by atoms with van der Waals surface area (Å²) >= 11 is 0. The summed E-state index contributed by atoms with van der Waals surface area (Å²) < 4.78 is 39.6. The van der Waals surface area contributed by atoms with Crippen LogP contribution in [0.5, 0.6) is 0 Å². The molecule has 5 nitrogen and oxygen atoms in total. The van der Waals surface area contributed by atoms with Crippen LogP contribution in [0, 0.1) is 17.5 Å². The zero-order valence-electron chi connectivity index (χ0n) is 13.0. The summed E-state index contributed by atoms with van der Waals surface area (Å²) in [6.07, 6.45) is 1.45. The quantitative estimate of drug-likeness (QED) is 0.660. The number of fused-ring (bicyclic) bond motifs is 1. The van der Waals surface area contributed by atoms with E-state index in [9.17, 15) is 22.8 Å². The van der Waals surface area contributed by atoms with Crippen LogP contribution >= 0.6 is 0 Å². The second kappa shape index (κ2) is 6.84. The summed E-state index contributed by atoms with van der Waals surface area (Å²) in [6.45, 7) is 1.09. The Kier molecular flexibility index (Phi) is 4.60. The fourth-order valence-electron chi connectivity index (χ4n) is 2.65. The average Bonchev–Trinajstić information content (AvgIpc) is 2.59. The van der Waals surface area contributed by atoms with Crippen LogP contribution in [0.3, 0.4) is 0 Å². The van der Waals surface area contributed by atoms with Crippen LogP contribution in [-0.2, 0) is 17.8 Å². The van der Waals surface area contributed by atoms with Gasteiger partial charge in [-0.2, -0.15) is 0 Å². The van der Waals surface area contributed by atoms with E-state index in [0.717, 1.165) is 17.5 Å². The van der Waals surface area contributed by atoms with Crippen molar-refractivity contribution in [3.05, 3.63) is 58.9 Å². The van der Waals surface area contributed by atoms with Crippen LogP contribution in [0.25, 0.3) is 0 Å². The number of amides is 3. The Morgan fingerprint density at radius 2 is 1.76 bits per heavy atom. The van der Waals surface area contributed by atoms with E-state index >= 15 is 0 Å². The SMILES string of the molecule is O=CN1CCc2cc(NC(=O)Nc3cc(F)c(F)cc3F)ccc2C1. The molecule has 2 aromatic rings. The van der Waals surface area contributed by atoms with E-state index in [1.807, 2.05) is 0 Å². The molecule has 0 aromatic heterocycles. The molecule has 8 heteroatoms. The maximum atomic E-state index is 13.5. The van der Waals surface area contributed by atoms with Crippen molar-refractivity contribution >= 4 is 23.8 Å². The number of benzene rings is 2. The second-order valence-electron chi connectivity index (χ2n) is 5.63. The van der Waals surface area contributed by atoms with Crippen LogP contribution in [0.15, 0.2) is 30.3 Å². The maximum Gasteiger partial charge on any atom is 0.323 e. The lowest BCUT2D eigenvalue weighted by Crippen LogP contribution is -2.29. The molecule has 2 aromatic carbocycles. The molecule has 3 rings (SSSR count). The third kappa shape index (κ3) is 3.73. The Morgan fingerprint density at radius 3 is 2.52 bits per heavy atom. The molecule has 1 aliphatic heterocycles. The van der Waals surface area contributed by atoms with Gasteiger partial charge in [0.05, 0.1) is 5.69 Å². The summed E-state index contributed by atoms with van der Waals surface area (Å²) in [4.78, 5) is 24.4. The third-order valence-corrected chi connectivity index (χ3v) is 3.91. The van der Waals surface area contributed by atoms with Gasteiger partial charge >= 0.3 is 6.03 Å². The Hall–Kier alpha value is -3.03. The fourth-order valence-corrected chi connectivity index (χ4v) is 2.65. The van der Waals surface area contributed by atoms with Gasteiger partial charge in [0.25, 0.3) is 0 Å². The van der Waals surface area contributed by atoms with Crippen molar-refractivity contribution in [1.29, 1.82) is 0 Å². The first-order valence-electron chi connectivity index (χ1n) is 7.50. The van der Waals surface area contributed by atoms with E-state index in [1.165, 1.54) is 0 Å². The summed E-state index contributed by atoms with van der Waals surface area (Å²) in [6, 6.07) is 5.36. The molecule has 0 fully saturated rings. The standard InChI is InChI=1S/C17H14F3N3O2/c18-13-6-15(20)16(7-14(13)19)22-17(25)21-12-2-1-11-8-23(9-24)4-3-10(11)5-12/h1-2,5-7,9H,3-4,8H2,(H2,21,22,25). The molecule has 1 aliphatic rings. The van der Waals surface area contributed by atoms with Crippen molar-refractivity contribution in [2.24, 2.45) is 0 Å². The molecule has 0 saturated heterocycles. The topological polar surface area (TPSA) is 61.4 Å². The van der Waals surface area contributed by atoms with Crippen molar-refractivity contribution in [1.82, 2.24) is 4.90 Å². The van der Waals surface area contributed by atoms with E-state index in [0.29, 0.717) is 37.3 Å². The molecule has 0 aliphatic carbocycles. The largest absolute Gasteiger partial charge is 0.341 e. The lowest BCUT2D eigenvalue weighted by molar-refractivity contribution is -0.118. The fraction of sp³-hybridized carbons (Fsp3) is 0.176. The van der Waals surface area contributed by atoms with Crippen LogP contribution in [0.2, 0.25) is 0 Å². The number of carbonyl (C=O) groups excluding carboxylic acids is 2. The molecule has 0 atom stereocenters. The first-order chi connectivity index (χ1) is 12.0. The third-order valence-electron chi connectivity index (χ3n) is 3.91. The molecular weight excluding hydrogens is 335 g/mol. The van der Waals surface area contributed by atoms with Gasteiger partial charge in [0.15, 0.2) is 11.6 Å². The first kappa shape index (κ1) is 16.8. The van der Waals surface area contributed by atoms with Gasteiger partial charge in [-0.1, -0.05) is 6.07 Å². The highest BCUT2D eigenvalue weighted by atomic mass is 19.2. The lowest BCUT2D eigenvalue weighted by atomic mass is 9.99. The Balaban J connectivity index is 1.70. The molecule has 0 unspecified atom stereocenters. The maximum absolute atomic E-state index is 13.5. The number of halogens is 3.